The van der Waals surface area contributed by atoms with E-state index in [1.54, 1.807) is 18.2 Å². The van der Waals surface area contributed by atoms with E-state index in [1.807, 2.05) is 6.07 Å². The second-order valence-electron chi connectivity index (χ2n) is 5.41. The van der Waals surface area contributed by atoms with E-state index in [0.29, 0.717) is 24.0 Å². The van der Waals surface area contributed by atoms with Gasteiger partial charge in [0.05, 0.1) is 0 Å². The molecule has 1 amide bonds. The number of amides is 1. The number of benzene rings is 1. The first-order valence-corrected chi connectivity index (χ1v) is 7.06. The zero-order valence-electron chi connectivity index (χ0n) is 12.1. The quantitative estimate of drug-likeness (QED) is 0.449. The smallest absolute Gasteiger partial charge is 0.265 e. The maximum atomic E-state index is 11.4. The lowest BCUT2D eigenvalue weighted by molar-refractivity contribution is 0.0953. The van der Waals surface area contributed by atoms with Crippen LogP contribution in [0.3, 0.4) is 0 Å². The number of carbonyl (C=O) groups excluding carboxylic acids is 1. The van der Waals surface area contributed by atoms with Gasteiger partial charge in [-0.3, -0.25) is 10.2 Å². The zero-order valence-corrected chi connectivity index (χ0v) is 12.1. The Kier molecular flexibility index (Phi) is 4.98. The van der Waals surface area contributed by atoms with Gasteiger partial charge in [0.15, 0.2) is 0 Å². The molecule has 1 aromatic rings. The van der Waals surface area contributed by atoms with Gasteiger partial charge in [0.2, 0.25) is 0 Å². The summed E-state index contributed by atoms with van der Waals surface area (Å²) >= 11 is 0. The molecule has 1 aliphatic rings. The maximum Gasteiger partial charge on any atom is 0.265 e. The Balaban J connectivity index is 1.80. The molecule has 1 fully saturated rings. The number of ether oxygens (including phenoxy) is 1. The Bertz CT molecular complexity index is 460. The molecule has 0 aromatic heterocycles. The Morgan fingerprint density at radius 2 is 2.30 bits per heavy atom. The van der Waals surface area contributed by atoms with Gasteiger partial charge >= 0.3 is 0 Å². The van der Waals surface area contributed by atoms with E-state index in [4.69, 9.17) is 10.6 Å². The fourth-order valence-electron chi connectivity index (χ4n) is 2.26. The minimum Gasteiger partial charge on any atom is -0.492 e. The first kappa shape index (κ1) is 14.8. The van der Waals surface area contributed by atoms with Crippen molar-refractivity contribution in [1.82, 2.24) is 10.3 Å². The molecule has 1 saturated carbocycles. The van der Waals surface area contributed by atoms with Crippen LogP contribution >= 0.6 is 0 Å². The van der Waals surface area contributed by atoms with Crippen LogP contribution in [0.5, 0.6) is 5.75 Å². The van der Waals surface area contributed by atoms with E-state index in [9.17, 15) is 4.79 Å². The zero-order chi connectivity index (χ0) is 14.5. The number of hydrogen-bond donors (Lipinski definition) is 2. The largest absolute Gasteiger partial charge is 0.492 e. The molecule has 0 saturated heterocycles. The molecule has 1 aliphatic carbocycles. The molecule has 110 valence electrons. The highest BCUT2D eigenvalue weighted by Gasteiger charge is 2.30. The van der Waals surface area contributed by atoms with E-state index in [0.717, 1.165) is 12.5 Å². The van der Waals surface area contributed by atoms with Gasteiger partial charge < -0.3 is 9.64 Å². The van der Waals surface area contributed by atoms with Gasteiger partial charge in [-0.1, -0.05) is 6.07 Å². The molecular weight excluding hydrogens is 254 g/mol. The number of nitrogens with two attached hydrogens (primary N) is 1. The van der Waals surface area contributed by atoms with Crippen LogP contribution in [-0.2, 0) is 0 Å². The molecule has 2 rings (SSSR count). The number of hydrazine groups is 1. The molecule has 0 heterocycles. The number of rotatable bonds is 7. The summed E-state index contributed by atoms with van der Waals surface area (Å²) in [5.41, 5.74) is 2.62. The third-order valence-corrected chi connectivity index (χ3v) is 3.94. The predicted octanol–water partition coefficient (Wildman–Crippen LogP) is 1.40. The molecule has 0 radical (unpaired) electrons. The SMILES string of the molecule is CC(C1CC1)N(C)CCOc1cccc(C(=O)NN)c1. The number of likely N-dealkylation sites (N-methyl/N-ethyl adjacent to an activating group) is 1. The van der Waals surface area contributed by atoms with E-state index in [-0.39, 0.29) is 5.91 Å². The summed E-state index contributed by atoms with van der Waals surface area (Å²) in [7, 11) is 2.13. The number of hydrogen-bond acceptors (Lipinski definition) is 4. The summed E-state index contributed by atoms with van der Waals surface area (Å²) in [4.78, 5) is 13.7. The van der Waals surface area contributed by atoms with Crippen LogP contribution in [0.4, 0.5) is 0 Å². The van der Waals surface area contributed by atoms with Crippen LogP contribution in [0, 0.1) is 5.92 Å². The summed E-state index contributed by atoms with van der Waals surface area (Å²) in [6.07, 6.45) is 2.70. The lowest BCUT2D eigenvalue weighted by Crippen LogP contribution is -2.34. The van der Waals surface area contributed by atoms with Crippen molar-refractivity contribution in [3.8, 4) is 5.75 Å². The van der Waals surface area contributed by atoms with Crippen molar-refractivity contribution in [3.05, 3.63) is 29.8 Å². The summed E-state index contributed by atoms with van der Waals surface area (Å²) in [5.74, 6) is 6.36. The van der Waals surface area contributed by atoms with E-state index in [2.05, 4.69) is 24.3 Å². The normalized spacial score (nSPS) is 16.0. The van der Waals surface area contributed by atoms with E-state index < -0.39 is 0 Å². The highest BCUT2D eigenvalue weighted by atomic mass is 16.5. The highest BCUT2D eigenvalue weighted by molar-refractivity contribution is 5.94. The second-order valence-corrected chi connectivity index (χ2v) is 5.41. The van der Waals surface area contributed by atoms with Gasteiger partial charge in [-0.2, -0.15) is 0 Å². The molecule has 1 unspecified atom stereocenters. The van der Waals surface area contributed by atoms with E-state index in [1.165, 1.54) is 12.8 Å². The molecule has 1 atom stereocenters. The van der Waals surface area contributed by atoms with Crippen LogP contribution in [0.25, 0.3) is 0 Å². The highest BCUT2D eigenvalue weighted by Crippen LogP contribution is 2.34. The van der Waals surface area contributed by atoms with Gasteiger partial charge in [-0.05, 0) is 50.9 Å². The minimum absolute atomic E-state index is 0.310. The van der Waals surface area contributed by atoms with Gasteiger partial charge in [-0.25, -0.2) is 5.84 Å². The fraction of sp³-hybridized carbons (Fsp3) is 0.533. The summed E-state index contributed by atoms with van der Waals surface area (Å²) in [6, 6.07) is 7.66. The van der Waals surface area contributed by atoms with E-state index >= 15 is 0 Å². The molecule has 0 bridgehead atoms. The molecule has 3 N–H and O–H groups in total. The first-order valence-electron chi connectivity index (χ1n) is 7.06. The topological polar surface area (TPSA) is 67.6 Å². The van der Waals surface area contributed by atoms with Gasteiger partial charge in [-0.15, -0.1) is 0 Å². The lowest BCUT2D eigenvalue weighted by Gasteiger charge is -2.24. The predicted molar refractivity (Wildman–Crippen MR) is 78.4 cm³/mol. The van der Waals surface area contributed by atoms with Crippen molar-refractivity contribution in [2.75, 3.05) is 20.2 Å². The van der Waals surface area contributed by atoms with Crippen molar-refractivity contribution in [1.29, 1.82) is 0 Å². The van der Waals surface area contributed by atoms with Crippen molar-refractivity contribution in [3.63, 3.8) is 0 Å². The van der Waals surface area contributed by atoms with Crippen molar-refractivity contribution in [2.24, 2.45) is 11.8 Å². The maximum absolute atomic E-state index is 11.4. The van der Waals surface area contributed by atoms with Crippen LogP contribution in [0.1, 0.15) is 30.1 Å². The molecule has 0 spiro atoms. The molecule has 5 heteroatoms. The summed E-state index contributed by atoms with van der Waals surface area (Å²) in [6.45, 7) is 3.76. The Labute approximate surface area is 120 Å². The minimum atomic E-state index is -0.310. The Morgan fingerprint density at radius 1 is 1.55 bits per heavy atom. The lowest BCUT2D eigenvalue weighted by atomic mass is 10.2. The summed E-state index contributed by atoms with van der Waals surface area (Å²) in [5, 5.41) is 0. The molecule has 20 heavy (non-hydrogen) atoms. The number of nitrogens with zero attached hydrogens (tertiary/aromatic N) is 1. The van der Waals surface area contributed by atoms with Gasteiger partial charge in [0.25, 0.3) is 5.91 Å². The Morgan fingerprint density at radius 3 is 2.95 bits per heavy atom. The van der Waals surface area contributed by atoms with Gasteiger partial charge in [0.1, 0.15) is 12.4 Å². The third-order valence-electron chi connectivity index (χ3n) is 3.94. The average Bonchev–Trinajstić information content (AvgIpc) is 3.30. The van der Waals surface area contributed by atoms with Crippen LogP contribution in [0.2, 0.25) is 0 Å². The molecular formula is C15H23N3O2. The average molecular weight is 277 g/mol. The Hall–Kier alpha value is -1.59. The van der Waals surface area contributed by atoms with Gasteiger partial charge in [0, 0.05) is 18.2 Å². The third kappa shape index (κ3) is 3.95. The van der Waals surface area contributed by atoms with Crippen LogP contribution in [-0.4, -0.2) is 37.0 Å². The van der Waals surface area contributed by atoms with Crippen LogP contribution < -0.4 is 16.0 Å². The van der Waals surface area contributed by atoms with Crippen molar-refractivity contribution in [2.45, 2.75) is 25.8 Å². The van der Waals surface area contributed by atoms with Crippen molar-refractivity contribution < 1.29 is 9.53 Å². The number of nitrogens with one attached hydrogen (secondary N) is 1. The number of carbonyl (C=O) groups is 1. The molecule has 0 aliphatic heterocycles. The standard InChI is InChI=1S/C15H23N3O2/c1-11(12-6-7-12)18(2)8-9-20-14-5-3-4-13(10-14)15(19)17-16/h3-5,10-12H,6-9,16H2,1-2H3,(H,17,19). The molecule has 5 nitrogen and oxygen atoms in total. The van der Waals surface area contributed by atoms with Crippen LogP contribution in [0.15, 0.2) is 24.3 Å². The first-order chi connectivity index (χ1) is 9.61. The second kappa shape index (κ2) is 6.72. The molecule has 1 aromatic carbocycles. The van der Waals surface area contributed by atoms with Crippen molar-refractivity contribution >= 4 is 5.91 Å². The summed E-state index contributed by atoms with van der Waals surface area (Å²) < 4.78 is 5.70. The monoisotopic (exact) mass is 277 g/mol. The fourth-order valence-corrected chi connectivity index (χ4v) is 2.26. The number of nitrogen functional groups attached to an aromatic ring is 1.